The Balaban J connectivity index is 2.79. The van der Waals surface area contributed by atoms with Crippen molar-refractivity contribution in [3.05, 3.63) is 22.3 Å². The molecule has 2 rings (SSSR count). The number of nitrogens with zero attached hydrogens (tertiary/aromatic N) is 2. The molecule has 8 nitrogen and oxygen atoms in total. The van der Waals surface area contributed by atoms with E-state index in [9.17, 15) is 19.2 Å². The molecule has 26 heavy (non-hydrogen) atoms. The molecule has 0 aromatic rings. The normalized spacial score (nSPS) is 20.7. The Hall–Kier alpha value is -1.02. The van der Waals surface area contributed by atoms with E-state index in [-0.39, 0.29) is 35.5 Å². The van der Waals surface area contributed by atoms with E-state index in [4.69, 9.17) is 6.03 Å². The van der Waals surface area contributed by atoms with Crippen LogP contribution in [0.4, 0.5) is 0 Å². The Kier molecular flexibility index (Phi) is 5.61. The molecule has 0 fully saturated rings. The minimum atomic E-state index is -5.92. The van der Waals surface area contributed by atoms with Crippen LogP contribution in [0.1, 0.15) is 41.5 Å². The topological polar surface area (TPSA) is 93.2 Å². The van der Waals surface area contributed by atoms with Gasteiger partial charge in [-0.15, -0.1) is 0 Å². The average molecular weight is 540 g/mol. The SMILES string of the molecule is CC[O][Sb]([Br])([O]CC)([N]1C(=O)C(C)=C(C)C1=O)[N]1C(=O)C(C)=C(C)C1=O. The first-order valence-electron chi connectivity index (χ1n) is 8.14. The predicted molar refractivity (Wildman–Crippen MR) is 98.4 cm³/mol. The van der Waals surface area contributed by atoms with Crippen molar-refractivity contribution < 1.29 is 25.2 Å². The Labute approximate surface area is 160 Å². The van der Waals surface area contributed by atoms with Gasteiger partial charge in [0.2, 0.25) is 0 Å². The zero-order valence-corrected chi connectivity index (χ0v) is 19.7. The molecule has 0 saturated heterocycles. The van der Waals surface area contributed by atoms with Crippen molar-refractivity contribution in [2.75, 3.05) is 13.2 Å². The number of hydrogen-bond acceptors (Lipinski definition) is 6. The number of carbonyl (C=O) groups is 4. The van der Waals surface area contributed by atoms with Gasteiger partial charge in [0.1, 0.15) is 0 Å². The summed E-state index contributed by atoms with van der Waals surface area (Å²) in [5, 5.41) is 0. The van der Waals surface area contributed by atoms with Gasteiger partial charge in [-0.2, -0.15) is 0 Å². The first kappa shape index (κ1) is 21.3. The average Bonchev–Trinajstić information content (AvgIpc) is 2.89. The molecule has 0 aromatic carbocycles. The van der Waals surface area contributed by atoms with E-state index >= 15 is 0 Å². The van der Waals surface area contributed by atoms with Crippen molar-refractivity contribution in [3.8, 4) is 0 Å². The summed E-state index contributed by atoms with van der Waals surface area (Å²) in [6.07, 6.45) is 0. The van der Waals surface area contributed by atoms with Gasteiger partial charge in [-0.25, -0.2) is 0 Å². The van der Waals surface area contributed by atoms with Crippen LogP contribution in [0, 0.1) is 0 Å². The molecule has 0 saturated carbocycles. The van der Waals surface area contributed by atoms with Crippen LogP contribution in [-0.4, -0.2) is 59.5 Å². The third-order valence-corrected chi connectivity index (χ3v) is 21.3. The molecular formula is C16H22BrN2O6Sb. The molecule has 2 heterocycles. The van der Waals surface area contributed by atoms with Crippen LogP contribution in [0.3, 0.4) is 0 Å². The van der Waals surface area contributed by atoms with Crippen LogP contribution in [0.2, 0.25) is 0 Å². The van der Waals surface area contributed by atoms with E-state index in [2.05, 4.69) is 12.6 Å². The van der Waals surface area contributed by atoms with E-state index in [0.29, 0.717) is 0 Å². The van der Waals surface area contributed by atoms with Crippen molar-refractivity contribution in [2.45, 2.75) is 41.5 Å². The molecule has 0 unspecified atom stereocenters. The number of hydrogen-bond donors (Lipinski definition) is 0. The van der Waals surface area contributed by atoms with Crippen LogP contribution < -0.4 is 0 Å². The second kappa shape index (κ2) is 6.85. The fourth-order valence-electron chi connectivity index (χ4n) is 2.85. The van der Waals surface area contributed by atoms with Gasteiger partial charge in [0, 0.05) is 0 Å². The van der Waals surface area contributed by atoms with E-state index in [1.165, 1.54) is 27.7 Å². The molecule has 0 atom stereocenters. The Morgan fingerprint density at radius 3 is 1.12 bits per heavy atom. The van der Waals surface area contributed by atoms with Gasteiger partial charge < -0.3 is 0 Å². The predicted octanol–water partition coefficient (Wildman–Crippen LogP) is 1.75. The standard InChI is InChI=1S/2C6H7NO2.2C2H5O.BrH.Sb/c2*1-3-4(2)6(9)7-5(3)8;2*1-2-3;;/h2*1-2H3,(H,7,8,9);2*2H2,1H3;1H;/q;;2*-1;;+5/p-3. The van der Waals surface area contributed by atoms with E-state index in [0.717, 1.165) is 6.12 Å². The maximum absolute atomic E-state index is 12.9. The molecule has 0 radical (unpaired) electrons. The van der Waals surface area contributed by atoms with Gasteiger partial charge in [-0.1, -0.05) is 0 Å². The fraction of sp³-hybridized carbons (Fsp3) is 0.500. The molecular weight excluding hydrogens is 518 g/mol. The molecule has 0 aliphatic carbocycles. The Morgan fingerprint density at radius 1 is 0.692 bits per heavy atom. The van der Waals surface area contributed by atoms with Crippen LogP contribution >= 0.6 is 12.6 Å². The van der Waals surface area contributed by atoms with Crippen molar-refractivity contribution in [3.63, 3.8) is 0 Å². The summed E-state index contributed by atoms with van der Waals surface area (Å²) in [6, 6.07) is 0. The van der Waals surface area contributed by atoms with Gasteiger partial charge in [0.05, 0.1) is 0 Å². The summed E-state index contributed by atoms with van der Waals surface area (Å²) in [5.74, 6) is -2.52. The number of rotatable bonds is 6. The molecule has 10 heteroatoms. The summed E-state index contributed by atoms with van der Waals surface area (Å²) in [7, 11) is 0. The third kappa shape index (κ3) is 2.63. The van der Waals surface area contributed by atoms with Crippen LogP contribution in [0.5, 0.6) is 0 Å². The summed E-state index contributed by atoms with van der Waals surface area (Å²) >= 11 is -2.50. The fourth-order valence-corrected chi connectivity index (χ4v) is 19.1. The van der Waals surface area contributed by atoms with Crippen molar-refractivity contribution in [2.24, 2.45) is 0 Å². The zero-order chi connectivity index (χ0) is 20.0. The molecule has 0 aromatic heterocycles. The monoisotopic (exact) mass is 538 g/mol. The maximum atomic E-state index is 12.9. The Bertz CT molecular complexity index is 691. The summed E-state index contributed by atoms with van der Waals surface area (Å²) < 4.78 is 13.5. The second-order valence-electron chi connectivity index (χ2n) is 5.96. The number of imide groups is 2. The van der Waals surface area contributed by atoms with E-state index in [1.807, 2.05) is 0 Å². The summed E-state index contributed by atoms with van der Waals surface area (Å²) in [4.78, 5) is 51.6. The van der Waals surface area contributed by atoms with Crippen molar-refractivity contribution in [1.82, 2.24) is 6.12 Å². The summed E-state index contributed by atoms with van der Waals surface area (Å²) in [5.41, 5.74) is 0.917. The number of carbonyl (C=O) groups excluding carboxylic acids is 4. The molecule has 0 spiro atoms. The van der Waals surface area contributed by atoms with Gasteiger partial charge in [-0.3, -0.25) is 0 Å². The number of amides is 4. The van der Waals surface area contributed by atoms with Gasteiger partial charge in [-0.05, 0) is 0 Å². The first-order valence-corrected chi connectivity index (χ1v) is 18.2. The van der Waals surface area contributed by atoms with Crippen molar-refractivity contribution in [1.29, 1.82) is 0 Å². The molecule has 0 bridgehead atoms. The molecule has 0 N–H and O–H groups in total. The minimum absolute atomic E-state index is 0.0250. The third-order valence-electron chi connectivity index (χ3n) is 4.53. The molecule has 4 amide bonds. The quantitative estimate of drug-likeness (QED) is 0.377. The van der Waals surface area contributed by atoms with E-state index in [1.54, 1.807) is 13.8 Å². The van der Waals surface area contributed by atoms with Gasteiger partial charge in [0.25, 0.3) is 0 Å². The number of halogens is 1. The van der Waals surface area contributed by atoms with Crippen LogP contribution in [-0.2, 0) is 25.2 Å². The molecule has 2 aliphatic heterocycles. The summed E-state index contributed by atoms with van der Waals surface area (Å²) in [6.45, 7) is 9.39. The second-order valence-corrected chi connectivity index (χ2v) is 22.3. The van der Waals surface area contributed by atoms with Crippen LogP contribution in [0.15, 0.2) is 22.3 Å². The first-order chi connectivity index (χ1) is 12.0. The Morgan fingerprint density at radius 2 is 0.923 bits per heavy atom. The van der Waals surface area contributed by atoms with Gasteiger partial charge >= 0.3 is 161 Å². The van der Waals surface area contributed by atoms with Crippen LogP contribution in [0.25, 0.3) is 0 Å². The van der Waals surface area contributed by atoms with E-state index < -0.39 is 40.2 Å². The van der Waals surface area contributed by atoms with Gasteiger partial charge in [0.15, 0.2) is 0 Å². The zero-order valence-electron chi connectivity index (χ0n) is 15.6. The van der Waals surface area contributed by atoms with Crippen molar-refractivity contribution >= 4 is 52.8 Å². The molecule has 144 valence electrons. The molecule has 2 aliphatic rings.